The van der Waals surface area contributed by atoms with Gasteiger partial charge in [-0.3, -0.25) is 0 Å². The number of carbonyl (C=O) groups is 1. The zero-order valence-corrected chi connectivity index (χ0v) is 11.3. The van der Waals surface area contributed by atoms with Crippen LogP contribution in [0.3, 0.4) is 0 Å². The van der Waals surface area contributed by atoms with Crippen LogP contribution in [0, 0.1) is 0 Å². The Morgan fingerprint density at radius 3 is 2.70 bits per heavy atom. The number of pyridine rings is 1. The Bertz CT molecular complexity index is 469. The standard InChI is InChI=1S/C11H13ClF3N3O2/c1-2-20-10(19)17-4-3-16-9-8(12)5-7(6-18-9)11(13,14)15/h5-6H,2-4H2,1H3,(H,16,18)(H,17,19). The van der Waals surface area contributed by atoms with E-state index in [0.29, 0.717) is 6.20 Å². The molecule has 0 saturated carbocycles. The monoisotopic (exact) mass is 311 g/mol. The number of halogens is 4. The summed E-state index contributed by atoms with van der Waals surface area (Å²) in [4.78, 5) is 14.5. The van der Waals surface area contributed by atoms with Gasteiger partial charge in [0, 0.05) is 19.3 Å². The number of anilines is 1. The Morgan fingerprint density at radius 2 is 2.15 bits per heavy atom. The van der Waals surface area contributed by atoms with Gasteiger partial charge in [0.15, 0.2) is 0 Å². The highest BCUT2D eigenvalue weighted by molar-refractivity contribution is 6.32. The molecule has 5 nitrogen and oxygen atoms in total. The predicted molar refractivity (Wildman–Crippen MR) is 67.8 cm³/mol. The molecule has 1 aromatic rings. The van der Waals surface area contributed by atoms with E-state index in [2.05, 4.69) is 20.4 Å². The van der Waals surface area contributed by atoms with Gasteiger partial charge >= 0.3 is 12.3 Å². The third kappa shape index (κ3) is 5.12. The van der Waals surface area contributed by atoms with Crippen LogP contribution in [-0.4, -0.2) is 30.8 Å². The summed E-state index contributed by atoms with van der Waals surface area (Å²) in [6, 6.07) is 0.787. The Morgan fingerprint density at radius 1 is 1.45 bits per heavy atom. The number of aromatic nitrogens is 1. The van der Waals surface area contributed by atoms with Crippen LogP contribution in [0.15, 0.2) is 12.3 Å². The summed E-state index contributed by atoms with van der Waals surface area (Å²) in [6.07, 6.45) is -4.37. The summed E-state index contributed by atoms with van der Waals surface area (Å²) < 4.78 is 41.8. The minimum atomic E-state index is -4.49. The first-order valence-electron chi connectivity index (χ1n) is 5.71. The van der Waals surface area contributed by atoms with E-state index in [4.69, 9.17) is 11.6 Å². The van der Waals surface area contributed by atoms with Gasteiger partial charge in [-0.25, -0.2) is 9.78 Å². The largest absolute Gasteiger partial charge is 0.450 e. The average molecular weight is 312 g/mol. The second kappa shape index (κ2) is 7.18. The molecule has 20 heavy (non-hydrogen) atoms. The molecule has 0 unspecified atom stereocenters. The van der Waals surface area contributed by atoms with E-state index in [1.54, 1.807) is 6.92 Å². The summed E-state index contributed by atoms with van der Waals surface area (Å²) in [6.45, 7) is 2.39. The summed E-state index contributed by atoms with van der Waals surface area (Å²) in [5.41, 5.74) is -0.919. The smallest absolute Gasteiger partial charge is 0.417 e. The van der Waals surface area contributed by atoms with Crippen molar-refractivity contribution in [1.29, 1.82) is 0 Å². The fourth-order valence-electron chi connectivity index (χ4n) is 1.25. The number of nitrogens with one attached hydrogen (secondary N) is 2. The lowest BCUT2D eigenvalue weighted by Gasteiger charge is -2.11. The van der Waals surface area contributed by atoms with Crippen LogP contribution < -0.4 is 10.6 Å². The SMILES string of the molecule is CCOC(=O)NCCNc1ncc(C(F)(F)F)cc1Cl. The van der Waals surface area contributed by atoms with E-state index in [9.17, 15) is 18.0 Å². The lowest BCUT2D eigenvalue weighted by Crippen LogP contribution is -2.29. The van der Waals surface area contributed by atoms with Crippen molar-refractivity contribution < 1.29 is 22.7 Å². The van der Waals surface area contributed by atoms with E-state index in [1.165, 1.54) is 0 Å². The molecule has 0 aliphatic heterocycles. The lowest BCUT2D eigenvalue weighted by molar-refractivity contribution is -0.137. The summed E-state index contributed by atoms with van der Waals surface area (Å²) in [5.74, 6) is 0.116. The molecule has 112 valence electrons. The summed E-state index contributed by atoms with van der Waals surface area (Å²) in [7, 11) is 0. The van der Waals surface area contributed by atoms with Crippen molar-refractivity contribution >= 4 is 23.5 Å². The number of nitrogens with zero attached hydrogens (tertiary/aromatic N) is 1. The molecule has 1 aromatic heterocycles. The molecule has 1 rings (SSSR count). The third-order valence-electron chi connectivity index (χ3n) is 2.13. The first-order chi connectivity index (χ1) is 9.34. The van der Waals surface area contributed by atoms with Gasteiger partial charge in [0.2, 0.25) is 0 Å². The van der Waals surface area contributed by atoms with Crippen LogP contribution in [0.5, 0.6) is 0 Å². The van der Waals surface area contributed by atoms with Crippen molar-refractivity contribution in [3.8, 4) is 0 Å². The minimum absolute atomic E-state index is 0.116. The molecule has 0 aliphatic rings. The summed E-state index contributed by atoms with van der Waals surface area (Å²) in [5, 5.41) is 5.00. The number of ether oxygens (including phenoxy) is 1. The van der Waals surface area contributed by atoms with E-state index in [0.717, 1.165) is 6.07 Å². The van der Waals surface area contributed by atoms with Crippen molar-refractivity contribution in [3.05, 3.63) is 22.8 Å². The molecule has 0 saturated heterocycles. The molecule has 0 spiro atoms. The normalized spacial score (nSPS) is 11.1. The molecular formula is C11H13ClF3N3O2. The molecule has 1 amide bonds. The Hall–Kier alpha value is -1.70. The molecule has 0 aromatic carbocycles. The average Bonchev–Trinajstić information content (AvgIpc) is 2.35. The van der Waals surface area contributed by atoms with Crippen molar-refractivity contribution in [2.24, 2.45) is 0 Å². The second-order valence-corrected chi connectivity index (χ2v) is 4.03. The molecule has 0 fully saturated rings. The lowest BCUT2D eigenvalue weighted by atomic mass is 10.3. The highest BCUT2D eigenvalue weighted by Gasteiger charge is 2.31. The number of carbonyl (C=O) groups excluding carboxylic acids is 1. The van der Waals surface area contributed by atoms with Gasteiger partial charge in [-0.1, -0.05) is 11.6 Å². The van der Waals surface area contributed by atoms with Crippen molar-refractivity contribution in [2.45, 2.75) is 13.1 Å². The molecular weight excluding hydrogens is 299 g/mol. The van der Waals surface area contributed by atoms with Crippen LogP contribution in [-0.2, 0) is 10.9 Å². The number of alkyl halides is 3. The van der Waals surface area contributed by atoms with Gasteiger partial charge in [0.1, 0.15) is 5.82 Å². The van der Waals surface area contributed by atoms with Crippen LogP contribution in [0.2, 0.25) is 5.02 Å². The van der Waals surface area contributed by atoms with E-state index < -0.39 is 17.8 Å². The van der Waals surface area contributed by atoms with Gasteiger partial charge in [0.25, 0.3) is 0 Å². The fourth-order valence-corrected chi connectivity index (χ4v) is 1.48. The third-order valence-corrected chi connectivity index (χ3v) is 2.42. The maximum Gasteiger partial charge on any atom is 0.417 e. The quantitative estimate of drug-likeness (QED) is 0.821. The molecule has 0 radical (unpaired) electrons. The van der Waals surface area contributed by atoms with Crippen molar-refractivity contribution in [3.63, 3.8) is 0 Å². The Labute approximate surface area is 118 Å². The number of hydrogen-bond acceptors (Lipinski definition) is 4. The van der Waals surface area contributed by atoms with Crippen LogP contribution in [0.1, 0.15) is 12.5 Å². The van der Waals surface area contributed by atoms with Crippen LogP contribution >= 0.6 is 11.6 Å². The molecule has 0 aliphatic carbocycles. The van der Waals surface area contributed by atoms with Crippen molar-refractivity contribution in [2.75, 3.05) is 25.0 Å². The highest BCUT2D eigenvalue weighted by Crippen LogP contribution is 2.32. The Balaban J connectivity index is 2.47. The zero-order valence-electron chi connectivity index (χ0n) is 10.6. The van der Waals surface area contributed by atoms with Gasteiger partial charge in [0.05, 0.1) is 17.2 Å². The van der Waals surface area contributed by atoms with E-state index >= 15 is 0 Å². The molecule has 0 atom stereocenters. The topological polar surface area (TPSA) is 63.2 Å². The fraction of sp³-hybridized carbons (Fsp3) is 0.455. The number of rotatable bonds is 5. The van der Waals surface area contributed by atoms with Crippen LogP contribution in [0.25, 0.3) is 0 Å². The molecule has 0 bridgehead atoms. The minimum Gasteiger partial charge on any atom is -0.450 e. The van der Waals surface area contributed by atoms with E-state index in [-0.39, 0.29) is 30.5 Å². The molecule has 9 heteroatoms. The number of amides is 1. The summed E-state index contributed by atoms with van der Waals surface area (Å²) >= 11 is 5.69. The maximum atomic E-state index is 12.4. The molecule has 1 heterocycles. The molecule has 2 N–H and O–H groups in total. The van der Waals surface area contributed by atoms with Gasteiger partial charge in [-0.2, -0.15) is 13.2 Å². The first kappa shape index (κ1) is 16.4. The first-order valence-corrected chi connectivity index (χ1v) is 6.09. The number of hydrogen-bond donors (Lipinski definition) is 2. The second-order valence-electron chi connectivity index (χ2n) is 3.63. The van der Waals surface area contributed by atoms with Gasteiger partial charge in [-0.15, -0.1) is 0 Å². The maximum absolute atomic E-state index is 12.4. The van der Waals surface area contributed by atoms with E-state index in [1.807, 2.05) is 0 Å². The van der Waals surface area contributed by atoms with Crippen LogP contribution in [0.4, 0.5) is 23.8 Å². The number of alkyl carbamates (subject to hydrolysis) is 1. The Kier molecular flexibility index (Phi) is 5.87. The van der Waals surface area contributed by atoms with Gasteiger partial charge < -0.3 is 15.4 Å². The zero-order chi connectivity index (χ0) is 15.2. The van der Waals surface area contributed by atoms with Crippen molar-refractivity contribution in [1.82, 2.24) is 10.3 Å². The predicted octanol–water partition coefficient (Wildman–Crippen LogP) is 2.91. The highest BCUT2D eigenvalue weighted by atomic mass is 35.5. The van der Waals surface area contributed by atoms with Gasteiger partial charge in [-0.05, 0) is 13.0 Å².